The number of nitrogens with zero attached hydrogens (tertiary/aromatic N) is 1. The van der Waals surface area contributed by atoms with Crippen molar-refractivity contribution in [2.75, 3.05) is 0 Å². The second-order valence-electron chi connectivity index (χ2n) is 5.96. The van der Waals surface area contributed by atoms with Gasteiger partial charge in [0.25, 0.3) is 0 Å². The number of hydrogen-bond donors (Lipinski definition) is 0. The standard InChI is InChI=1S/C21H17NOS/c1-14-8-15(2)10-18(9-14)23-21-12-20-17(13-22-21)11-19(24-20)16-6-4-3-5-7-16/h3-13H,1-2H3. The van der Waals surface area contributed by atoms with Crippen molar-refractivity contribution in [2.45, 2.75) is 13.8 Å². The number of fused-ring (bicyclic) bond motifs is 1. The molecule has 4 rings (SSSR count). The molecule has 0 saturated carbocycles. The number of pyridine rings is 1. The van der Waals surface area contributed by atoms with Gasteiger partial charge in [-0.05, 0) is 48.7 Å². The van der Waals surface area contributed by atoms with Crippen LogP contribution in [0.1, 0.15) is 11.1 Å². The fraction of sp³-hybridized carbons (Fsp3) is 0.0952. The van der Waals surface area contributed by atoms with Crippen molar-refractivity contribution in [3.8, 4) is 22.1 Å². The summed E-state index contributed by atoms with van der Waals surface area (Å²) in [4.78, 5) is 5.70. The molecule has 0 aliphatic rings. The van der Waals surface area contributed by atoms with Crippen LogP contribution in [0.15, 0.2) is 66.9 Å². The van der Waals surface area contributed by atoms with Gasteiger partial charge in [-0.25, -0.2) is 4.98 Å². The van der Waals surface area contributed by atoms with E-state index < -0.39 is 0 Å². The normalized spacial score (nSPS) is 10.9. The largest absolute Gasteiger partial charge is 0.439 e. The molecule has 2 heterocycles. The Bertz CT molecular complexity index is 985. The minimum Gasteiger partial charge on any atom is -0.439 e. The summed E-state index contributed by atoms with van der Waals surface area (Å²) < 4.78 is 7.14. The van der Waals surface area contributed by atoms with E-state index in [-0.39, 0.29) is 0 Å². The highest BCUT2D eigenvalue weighted by atomic mass is 32.1. The van der Waals surface area contributed by atoms with E-state index in [1.54, 1.807) is 11.3 Å². The van der Waals surface area contributed by atoms with Crippen LogP contribution in [0.5, 0.6) is 11.6 Å². The number of thiophene rings is 1. The Hall–Kier alpha value is -2.65. The smallest absolute Gasteiger partial charge is 0.220 e. The Balaban J connectivity index is 1.68. The zero-order valence-corrected chi connectivity index (χ0v) is 14.4. The molecule has 0 amide bonds. The van der Waals surface area contributed by atoms with Crippen LogP contribution in [-0.4, -0.2) is 4.98 Å². The average molecular weight is 331 g/mol. The molecule has 0 bridgehead atoms. The van der Waals surface area contributed by atoms with Crippen LogP contribution in [0.4, 0.5) is 0 Å². The van der Waals surface area contributed by atoms with Crippen LogP contribution in [-0.2, 0) is 0 Å². The molecule has 24 heavy (non-hydrogen) atoms. The zero-order chi connectivity index (χ0) is 16.5. The Labute approximate surface area is 145 Å². The topological polar surface area (TPSA) is 22.1 Å². The van der Waals surface area contributed by atoms with E-state index in [2.05, 4.69) is 55.2 Å². The minimum absolute atomic E-state index is 0.633. The van der Waals surface area contributed by atoms with Crippen LogP contribution in [0.25, 0.3) is 20.5 Å². The SMILES string of the molecule is Cc1cc(C)cc(Oc2cc3sc(-c4ccccc4)cc3cn2)c1. The average Bonchev–Trinajstić information content (AvgIpc) is 2.98. The van der Waals surface area contributed by atoms with Crippen LogP contribution in [0, 0.1) is 13.8 Å². The molecule has 2 aromatic heterocycles. The zero-order valence-electron chi connectivity index (χ0n) is 13.6. The van der Waals surface area contributed by atoms with Crippen molar-refractivity contribution in [3.05, 3.63) is 78.0 Å². The van der Waals surface area contributed by atoms with Crippen molar-refractivity contribution >= 4 is 21.4 Å². The van der Waals surface area contributed by atoms with Crippen LogP contribution in [0.3, 0.4) is 0 Å². The Kier molecular flexibility index (Phi) is 3.79. The second kappa shape index (κ2) is 6.10. The summed E-state index contributed by atoms with van der Waals surface area (Å²) in [5.74, 6) is 1.47. The molecule has 0 radical (unpaired) electrons. The lowest BCUT2D eigenvalue weighted by Gasteiger charge is -2.06. The summed E-state index contributed by atoms with van der Waals surface area (Å²) in [5, 5.41) is 1.15. The third-order valence-corrected chi connectivity index (χ3v) is 5.00. The summed E-state index contributed by atoms with van der Waals surface area (Å²) in [6.07, 6.45) is 1.89. The number of rotatable bonds is 3. The van der Waals surface area contributed by atoms with Crippen molar-refractivity contribution < 1.29 is 4.74 Å². The van der Waals surface area contributed by atoms with Crippen molar-refractivity contribution in [1.82, 2.24) is 4.98 Å². The van der Waals surface area contributed by atoms with E-state index in [4.69, 9.17) is 4.74 Å². The van der Waals surface area contributed by atoms with Gasteiger partial charge >= 0.3 is 0 Å². The number of aryl methyl sites for hydroxylation is 2. The number of ether oxygens (including phenoxy) is 1. The first-order chi connectivity index (χ1) is 11.7. The highest BCUT2D eigenvalue weighted by Crippen LogP contribution is 2.35. The lowest BCUT2D eigenvalue weighted by molar-refractivity contribution is 0.463. The van der Waals surface area contributed by atoms with E-state index in [0.717, 1.165) is 11.1 Å². The van der Waals surface area contributed by atoms with Crippen molar-refractivity contribution in [2.24, 2.45) is 0 Å². The predicted molar refractivity (Wildman–Crippen MR) is 101 cm³/mol. The highest BCUT2D eigenvalue weighted by molar-refractivity contribution is 7.22. The van der Waals surface area contributed by atoms with Crippen LogP contribution in [0.2, 0.25) is 0 Å². The molecule has 0 unspecified atom stereocenters. The summed E-state index contributed by atoms with van der Waals surface area (Å²) in [6.45, 7) is 4.14. The maximum absolute atomic E-state index is 5.96. The van der Waals surface area contributed by atoms with Gasteiger partial charge in [0.05, 0.1) is 0 Å². The summed E-state index contributed by atoms with van der Waals surface area (Å²) in [7, 11) is 0. The molecule has 0 aliphatic heterocycles. The molecular formula is C21H17NOS. The molecule has 0 fully saturated rings. The highest BCUT2D eigenvalue weighted by Gasteiger charge is 2.07. The van der Waals surface area contributed by atoms with Gasteiger partial charge in [0.15, 0.2) is 0 Å². The van der Waals surface area contributed by atoms with Crippen molar-refractivity contribution in [3.63, 3.8) is 0 Å². The number of hydrogen-bond acceptors (Lipinski definition) is 3. The number of aromatic nitrogens is 1. The van der Waals surface area contributed by atoms with Crippen LogP contribution < -0.4 is 4.74 Å². The molecule has 2 aromatic carbocycles. The summed E-state index contributed by atoms with van der Waals surface area (Å²) >= 11 is 1.76. The second-order valence-corrected chi connectivity index (χ2v) is 7.05. The summed E-state index contributed by atoms with van der Waals surface area (Å²) in [6, 6.07) is 20.8. The molecule has 0 saturated heterocycles. The van der Waals surface area contributed by atoms with E-state index >= 15 is 0 Å². The Morgan fingerprint density at radius 1 is 0.875 bits per heavy atom. The fourth-order valence-electron chi connectivity index (χ4n) is 2.83. The minimum atomic E-state index is 0.633. The Morgan fingerprint density at radius 2 is 1.62 bits per heavy atom. The molecule has 4 aromatic rings. The molecule has 118 valence electrons. The van der Waals surface area contributed by atoms with Gasteiger partial charge in [-0.15, -0.1) is 11.3 Å². The van der Waals surface area contributed by atoms with E-state index in [9.17, 15) is 0 Å². The monoisotopic (exact) mass is 331 g/mol. The molecule has 0 N–H and O–H groups in total. The Morgan fingerprint density at radius 3 is 2.38 bits per heavy atom. The third kappa shape index (κ3) is 3.03. The van der Waals surface area contributed by atoms with Crippen LogP contribution >= 0.6 is 11.3 Å². The molecule has 0 spiro atoms. The fourth-order valence-corrected chi connectivity index (χ4v) is 3.89. The van der Waals surface area contributed by atoms with Gasteiger partial charge < -0.3 is 4.74 Å². The van der Waals surface area contributed by atoms with E-state index in [0.29, 0.717) is 5.88 Å². The first kappa shape index (κ1) is 14.9. The molecular weight excluding hydrogens is 314 g/mol. The van der Waals surface area contributed by atoms with E-state index in [1.807, 2.05) is 30.5 Å². The number of benzene rings is 2. The van der Waals surface area contributed by atoms with Gasteiger partial charge in [0.2, 0.25) is 5.88 Å². The molecule has 0 aliphatic carbocycles. The van der Waals surface area contributed by atoms with Gasteiger partial charge in [0, 0.05) is 27.2 Å². The van der Waals surface area contributed by atoms with Gasteiger partial charge in [0.1, 0.15) is 5.75 Å². The van der Waals surface area contributed by atoms with Gasteiger partial charge in [-0.3, -0.25) is 0 Å². The lowest BCUT2D eigenvalue weighted by Crippen LogP contribution is -1.88. The predicted octanol–water partition coefficient (Wildman–Crippen LogP) is 6.37. The first-order valence-electron chi connectivity index (χ1n) is 7.88. The maximum Gasteiger partial charge on any atom is 0.220 e. The third-order valence-electron chi connectivity index (χ3n) is 3.85. The maximum atomic E-state index is 5.96. The summed E-state index contributed by atoms with van der Waals surface area (Å²) in [5.41, 5.74) is 3.61. The first-order valence-corrected chi connectivity index (χ1v) is 8.70. The van der Waals surface area contributed by atoms with Gasteiger partial charge in [-0.2, -0.15) is 0 Å². The van der Waals surface area contributed by atoms with E-state index in [1.165, 1.54) is 26.3 Å². The van der Waals surface area contributed by atoms with Gasteiger partial charge in [-0.1, -0.05) is 36.4 Å². The van der Waals surface area contributed by atoms with Crippen molar-refractivity contribution in [1.29, 1.82) is 0 Å². The molecule has 2 nitrogen and oxygen atoms in total. The molecule has 0 atom stereocenters. The molecule has 3 heteroatoms. The lowest BCUT2D eigenvalue weighted by atomic mass is 10.1. The quantitative estimate of drug-likeness (QED) is 0.435.